The molecule has 0 aliphatic carbocycles. The van der Waals surface area contributed by atoms with E-state index in [1.165, 1.54) is 24.3 Å². The monoisotopic (exact) mass is 273 g/mol. The van der Waals surface area contributed by atoms with Gasteiger partial charge in [-0.1, -0.05) is 0 Å². The first kappa shape index (κ1) is 13.5. The molecule has 0 bridgehead atoms. The largest absolute Gasteiger partial charge is 0.396 e. The second-order valence-electron chi connectivity index (χ2n) is 3.97. The van der Waals surface area contributed by atoms with Crippen molar-refractivity contribution in [2.75, 3.05) is 11.1 Å². The molecule has 0 fully saturated rings. The van der Waals surface area contributed by atoms with E-state index >= 15 is 0 Å². The van der Waals surface area contributed by atoms with E-state index < -0.39 is 23.1 Å². The van der Waals surface area contributed by atoms with Crippen LogP contribution < -0.4 is 11.1 Å². The fraction of sp³-hybridized carbons (Fsp3) is 0. The average molecular weight is 273 g/mol. The standard InChI is InChI=1S/C14H9F2N3O/c15-10-5-6-11(18)13(16)12(10)14(20)19-9-3-1-8(7-17)2-4-9/h1-6H,18H2,(H,19,20). The molecule has 0 unspecified atom stereocenters. The minimum atomic E-state index is -1.10. The van der Waals surface area contributed by atoms with Crippen LogP contribution in [0.25, 0.3) is 0 Å². The van der Waals surface area contributed by atoms with Crippen LogP contribution in [0.5, 0.6) is 0 Å². The average Bonchev–Trinajstić information content (AvgIpc) is 2.44. The SMILES string of the molecule is N#Cc1ccc(NC(=O)c2c(F)ccc(N)c2F)cc1. The summed E-state index contributed by atoms with van der Waals surface area (Å²) < 4.78 is 27.2. The summed E-state index contributed by atoms with van der Waals surface area (Å²) in [7, 11) is 0. The number of anilines is 2. The van der Waals surface area contributed by atoms with Crippen molar-refractivity contribution in [1.82, 2.24) is 0 Å². The van der Waals surface area contributed by atoms with Crippen LogP contribution in [0.4, 0.5) is 20.2 Å². The zero-order valence-electron chi connectivity index (χ0n) is 10.2. The molecular weight excluding hydrogens is 264 g/mol. The quantitative estimate of drug-likeness (QED) is 0.825. The molecule has 0 saturated heterocycles. The van der Waals surface area contributed by atoms with Crippen molar-refractivity contribution in [3.8, 4) is 6.07 Å². The van der Waals surface area contributed by atoms with Crippen LogP contribution in [0.1, 0.15) is 15.9 Å². The summed E-state index contributed by atoms with van der Waals surface area (Å²) in [4.78, 5) is 11.9. The Morgan fingerprint density at radius 2 is 1.80 bits per heavy atom. The fourth-order valence-electron chi connectivity index (χ4n) is 1.60. The summed E-state index contributed by atoms with van der Waals surface area (Å²) in [5.41, 5.74) is 4.97. The van der Waals surface area contributed by atoms with Crippen LogP contribution in [0.15, 0.2) is 36.4 Å². The number of amides is 1. The molecule has 0 spiro atoms. The Kier molecular flexibility index (Phi) is 3.62. The van der Waals surface area contributed by atoms with Crippen LogP contribution >= 0.6 is 0 Å². The zero-order chi connectivity index (χ0) is 14.7. The lowest BCUT2D eigenvalue weighted by Crippen LogP contribution is -2.16. The highest BCUT2D eigenvalue weighted by Crippen LogP contribution is 2.20. The highest BCUT2D eigenvalue weighted by molar-refractivity contribution is 6.05. The Morgan fingerprint density at radius 3 is 2.40 bits per heavy atom. The van der Waals surface area contributed by atoms with Crippen LogP contribution in [0.2, 0.25) is 0 Å². The predicted octanol–water partition coefficient (Wildman–Crippen LogP) is 2.67. The Labute approximate surface area is 113 Å². The number of nitrogens with one attached hydrogen (secondary N) is 1. The van der Waals surface area contributed by atoms with Crippen molar-refractivity contribution in [3.63, 3.8) is 0 Å². The number of hydrogen-bond acceptors (Lipinski definition) is 3. The van der Waals surface area contributed by atoms with Gasteiger partial charge >= 0.3 is 0 Å². The van der Waals surface area contributed by atoms with Crippen molar-refractivity contribution in [3.05, 3.63) is 59.2 Å². The van der Waals surface area contributed by atoms with E-state index in [4.69, 9.17) is 11.0 Å². The summed E-state index contributed by atoms with van der Waals surface area (Å²) in [5.74, 6) is -3.05. The molecule has 6 heteroatoms. The summed E-state index contributed by atoms with van der Waals surface area (Å²) >= 11 is 0. The maximum absolute atomic E-state index is 13.7. The van der Waals surface area contributed by atoms with Crippen molar-refractivity contribution in [1.29, 1.82) is 5.26 Å². The van der Waals surface area contributed by atoms with E-state index in [1.807, 2.05) is 6.07 Å². The number of nitrogen functional groups attached to an aromatic ring is 1. The Hall–Kier alpha value is -2.94. The molecule has 2 rings (SSSR count). The molecule has 0 aliphatic heterocycles. The van der Waals surface area contributed by atoms with Crippen LogP contribution in [-0.4, -0.2) is 5.91 Å². The number of halogens is 2. The molecule has 2 aromatic rings. The number of nitriles is 1. The maximum atomic E-state index is 13.7. The van der Waals surface area contributed by atoms with Crippen LogP contribution in [0, 0.1) is 23.0 Å². The lowest BCUT2D eigenvalue weighted by molar-refractivity contribution is 0.101. The molecule has 0 saturated carbocycles. The lowest BCUT2D eigenvalue weighted by atomic mass is 10.1. The molecule has 0 atom stereocenters. The highest BCUT2D eigenvalue weighted by atomic mass is 19.1. The Morgan fingerprint density at radius 1 is 1.15 bits per heavy atom. The van der Waals surface area contributed by atoms with E-state index in [2.05, 4.69) is 5.32 Å². The number of hydrogen-bond donors (Lipinski definition) is 2. The van der Waals surface area contributed by atoms with Gasteiger partial charge in [-0.3, -0.25) is 4.79 Å². The van der Waals surface area contributed by atoms with Crippen molar-refractivity contribution in [2.45, 2.75) is 0 Å². The molecular formula is C14H9F2N3O. The van der Waals surface area contributed by atoms with Gasteiger partial charge in [0, 0.05) is 5.69 Å². The second-order valence-corrected chi connectivity index (χ2v) is 3.97. The number of benzene rings is 2. The highest BCUT2D eigenvalue weighted by Gasteiger charge is 2.19. The van der Waals surface area contributed by atoms with E-state index in [0.717, 1.165) is 12.1 Å². The summed E-state index contributed by atoms with van der Waals surface area (Å²) in [6.07, 6.45) is 0. The molecule has 0 radical (unpaired) electrons. The third-order valence-electron chi connectivity index (χ3n) is 2.62. The third kappa shape index (κ3) is 2.57. The van der Waals surface area contributed by atoms with Gasteiger partial charge in [-0.05, 0) is 36.4 Å². The predicted molar refractivity (Wildman–Crippen MR) is 69.9 cm³/mol. The van der Waals surface area contributed by atoms with Crippen molar-refractivity contribution in [2.24, 2.45) is 0 Å². The number of carbonyl (C=O) groups excluding carboxylic acids is 1. The molecule has 100 valence electrons. The first-order chi connectivity index (χ1) is 9.52. The maximum Gasteiger partial charge on any atom is 0.261 e. The molecule has 2 aromatic carbocycles. The lowest BCUT2D eigenvalue weighted by Gasteiger charge is -2.08. The van der Waals surface area contributed by atoms with E-state index in [-0.39, 0.29) is 5.69 Å². The summed E-state index contributed by atoms with van der Waals surface area (Å²) in [5, 5.41) is 11.0. The van der Waals surface area contributed by atoms with Gasteiger partial charge in [0.05, 0.1) is 17.3 Å². The first-order valence-electron chi connectivity index (χ1n) is 5.58. The van der Waals surface area contributed by atoms with Gasteiger partial charge in [-0.2, -0.15) is 5.26 Å². The zero-order valence-corrected chi connectivity index (χ0v) is 10.2. The van der Waals surface area contributed by atoms with Gasteiger partial charge in [0.1, 0.15) is 11.4 Å². The minimum absolute atomic E-state index is 0.309. The topological polar surface area (TPSA) is 78.9 Å². The van der Waals surface area contributed by atoms with Crippen LogP contribution in [0.3, 0.4) is 0 Å². The van der Waals surface area contributed by atoms with Gasteiger partial charge in [-0.25, -0.2) is 8.78 Å². The molecule has 0 aliphatic rings. The third-order valence-corrected chi connectivity index (χ3v) is 2.62. The normalized spacial score (nSPS) is 9.85. The van der Waals surface area contributed by atoms with Gasteiger partial charge < -0.3 is 11.1 Å². The Balaban J connectivity index is 2.28. The molecule has 3 N–H and O–H groups in total. The van der Waals surface area contributed by atoms with Crippen molar-refractivity contribution < 1.29 is 13.6 Å². The summed E-state index contributed by atoms with van der Waals surface area (Å²) in [6.45, 7) is 0. The molecule has 0 aromatic heterocycles. The van der Waals surface area contributed by atoms with Gasteiger partial charge in [-0.15, -0.1) is 0 Å². The fourth-order valence-corrected chi connectivity index (χ4v) is 1.60. The van der Waals surface area contributed by atoms with E-state index in [9.17, 15) is 13.6 Å². The van der Waals surface area contributed by atoms with Gasteiger partial charge in [0.2, 0.25) is 0 Å². The van der Waals surface area contributed by atoms with Crippen LogP contribution in [-0.2, 0) is 0 Å². The molecule has 20 heavy (non-hydrogen) atoms. The van der Waals surface area contributed by atoms with Gasteiger partial charge in [0.15, 0.2) is 5.82 Å². The molecule has 1 amide bonds. The van der Waals surface area contributed by atoms with E-state index in [1.54, 1.807) is 0 Å². The van der Waals surface area contributed by atoms with Gasteiger partial charge in [0.25, 0.3) is 5.91 Å². The number of rotatable bonds is 2. The molecule has 0 heterocycles. The minimum Gasteiger partial charge on any atom is -0.396 e. The first-order valence-corrected chi connectivity index (χ1v) is 5.58. The smallest absolute Gasteiger partial charge is 0.261 e. The number of nitrogens with two attached hydrogens (primary N) is 1. The number of nitrogens with zero attached hydrogens (tertiary/aromatic N) is 1. The van der Waals surface area contributed by atoms with E-state index in [0.29, 0.717) is 11.3 Å². The second kappa shape index (κ2) is 5.36. The molecule has 4 nitrogen and oxygen atoms in total. The van der Waals surface area contributed by atoms with Crippen molar-refractivity contribution >= 4 is 17.3 Å². The number of carbonyl (C=O) groups is 1. The Bertz CT molecular complexity index is 706. The summed E-state index contributed by atoms with van der Waals surface area (Å²) in [6, 6.07) is 9.74.